The molecule has 1 rings (SSSR count). The van der Waals surface area contributed by atoms with Crippen molar-refractivity contribution in [3.63, 3.8) is 0 Å². The lowest BCUT2D eigenvalue weighted by Gasteiger charge is -2.10. The van der Waals surface area contributed by atoms with Crippen LogP contribution in [-0.4, -0.2) is 24.7 Å². The molecule has 0 saturated heterocycles. The summed E-state index contributed by atoms with van der Waals surface area (Å²) in [7, 11) is 1.90. The number of hydrogen-bond donors (Lipinski definition) is 2. The van der Waals surface area contributed by atoms with E-state index >= 15 is 0 Å². The number of rotatable bonds is 4. The highest BCUT2D eigenvalue weighted by atomic mass is 16.4. The average molecular weight is 193 g/mol. The second-order valence-corrected chi connectivity index (χ2v) is 3.39. The lowest BCUT2D eigenvalue weighted by atomic mass is 10.00. The van der Waals surface area contributed by atoms with Crippen molar-refractivity contribution in [3.8, 4) is 0 Å². The number of carboxylic acid groups (broad SMARTS) is 1. The Morgan fingerprint density at radius 2 is 2.00 bits per heavy atom. The van der Waals surface area contributed by atoms with Gasteiger partial charge in [0.15, 0.2) is 0 Å². The molecule has 2 N–H and O–H groups in total. The van der Waals surface area contributed by atoms with Crippen LogP contribution in [0, 0.1) is 0 Å². The molecule has 0 fully saturated rings. The molecule has 3 nitrogen and oxygen atoms in total. The molecule has 1 aromatic rings. The zero-order valence-electron chi connectivity index (χ0n) is 8.45. The minimum absolute atomic E-state index is 0.338. The van der Waals surface area contributed by atoms with Crippen molar-refractivity contribution in [3.05, 3.63) is 35.4 Å². The highest BCUT2D eigenvalue weighted by molar-refractivity contribution is 5.87. The average Bonchev–Trinajstić information content (AvgIpc) is 2.18. The van der Waals surface area contributed by atoms with Gasteiger partial charge in [-0.25, -0.2) is 4.79 Å². The standard InChI is InChI=1S/C11H15NO2/c1-8(7-12-2)9-3-5-10(6-4-9)11(13)14/h3-6,8,12H,7H2,1-2H3,(H,13,14). The van der Waals surface area contributed by atoms with Gasteiger partial charge in [-0.1, -0.05) is 19.1 Å². The number of benzene rings is 1. The van der Waals surface area contributed by atoms with E-state index in [-0.39, 0.29) is 0 Å². The van der Waals surface area contributed by atoms with Crippen LogP contribution in [0.1, 0.15) is 28.8 Å². The summed E-state index contributed by atoms with van der Waals surface area (Å²) in [6.07, 6.45) is 0. The molecule has 76 valence electrons. The first kappa shape index (κ1) is 10.7. The van der Waals surface area contributed by atoms with Crippen LogP contribution in [-0.2, 0) is 0 Å². The molecular formula is C11H15NO2. The van der Waals surface area contributed by atoms with Crippen LogP contribution in [0.4, 0.5) is 0 Å². The quantitative estimate of drug-likeness (QED) is 0.765. The molecule has 0 heterocycles. The van der Waals surface area contributed by atoms with Gasteiger partial charge in [-0.3, -0.25) is 0 Å². The largest absolute Gasteiger partial charge is 0.478 e. The number of likely N-dealkylation sites (N-methyl/N-ethyl adjacent to an activating group) is 1. The SMILES string of the molecule is CNCC(C)c1ccc(C(=O)O)cc1. The van der Waals surface area contributed by atoms with Crippen LogP contribution in [0.5, 0.6) is 0 Å². The van der Waals surface area contributed by atoms with Gasteiger partial charge in [-0.05, 0) is 30.7 Å². The third-order valence-electron chi connectivity index (χ3n) is 2.24. The molecular weight excluding hydrogens is 178 g/mol. The van der Waals surface area contributed by atoms with Crippen molar-refractivity contribution in [1.29, 1.82) is 0 Å². The first-order chi connectivity index (χ1) is 6.65. The molecule has 1 atom stereocenters. The fraction of sp³-hybridized carbons (Fsp3) is 0.364. The minimum Gasteiger partial charge on any atom is -0.478 e. The molecule has 0 aliphatic heterocycles. The van der Waals surface area contributed by atoms with Crippen LogP contribution >= 0.6 is 0 Å². The summed E-state index contributed by atoms with van der Waals surface area (Å²) in [5.41, 5.74) is 1.50. The van der Waals surface area contributed by atoms with Gasteiger partial charge in [0.1, 0.15) is 0 Å². The Morgan fingerprint density at radius 3 is 2.43 bits per heavy atom. The molecule has 0 amide bonds. The molecule has 1 aromatic carbocycles. The van der Waals surface area contributed by atoms with Crippen LogP contribution in [0.2, 0.25) is 0 Å². The maximum absolute atomic E-state index is 10.6. The van der Waals surface area contributed by atoms with E-state index in [1.807, 2.05) is 19.2 Å². The Morgan fingerprint density at radius 1 is 1.43 bits per heavy atom. The van der Waals surface area contributed by atoms with Crippen molar-refractivity contribution in [2.45, 2.75) is 12.8 Å². The van der Waals surface area contributed by atoms with Gasteiger partial charge < -0.3 is 10.4 Å². The van der Waals surface area contributed by atoms with E-state index in [1.54, 1.807) is 12.1 Å². The minimum atomic E-state index is -0.877. The van der Waals surface area contributed by atoms with Gasteiger partial charge >= 0.3 is 5.97 Å². The smallest absolute Gasteiger partial charge is 0.335 e. The van der Waals surface area contributed by atoms with E-state index in [9.17, 15) is 4.79 Å². The Hall–Kier alpha value is -1.35. The van der Waals surface area contributed by atoms with E-state index in [4.69, 9.17) is 5.11 Å². The molecule has 1 unspecified atom stereocenters. The lowest BCUT2D eigenvalue weighted by Crippen LogP contribution is -2.14. The molecule has 0 radical (unpaired) electrons. The Balaban J connectivity index is 2.77. The van der Waals surface area contributed by atoms with Crippen LogP contribution in [0.3, 0.4) is 0 Å². The van der Waals surface area contributed by atoms with Crippen molar-refractivity contribution in [2.24, 2.45) is 0 Å². The molecule has 0 saturated carbocycles. The number of carboxylic acids is 1. The first-order valence-corrected chi connectivity index (χ1v) is 4.63. The van der Waals surface area contributed by atoms with Gasteiger partial charge in [0, 0.05) is 6.54 Å². The van der Waals surface area contributed by atoms with Crippen molar-refractivity contribution in [2.75, 3.05) is 13.6 Å². The second-order valence-electron chi connectivity index (χ2n) is 3.39. The van der Waals surface area contributed by atoms with E-state index in [1.165, 1.54) is 0 Å². The third kappa shape index (κ3) is 2.57. The molecule has 0 aromatic heterocycles. The Bertz CT molecular complexity index is 306. The zero-order chi connectivity index (χ0) is 10.6. The van der Waals surface area contributed by atoms with Crippen LogP contribution in [0.15, 0.2) is 24.3 Å². The van der Waals surface area contributed by atoms with Crippen molar-refractivity contribution < 1.29 is 9.90 Å². The van der Waals surface area contributed by atoms with Crippen molar-refractivity contribution >= 4 is 5.97 Å². The highest BCUT2D eigenvalue weighted by Gasteiger charge is 2.06. The lowest BCUT2D eigenvalue weighted by molar-refractivity contribution is 0.0697. The van der Waals surface area contributed by atoms with Crippen LogP contribution < -0.4 is 5.32 Å². The predicted octanol–water partition coefficient (Wildman–Crippen LogP) is 1.71. The molecule has 14 heavy (non-hydrogen) atoms. The normalized spacial score (nSPS) is 12.4. The predicted molar refractivity (Wildman–Crippen MR) is 55.7 cm³/mol. The maximum atomic E-state index is 10.6. The van der Waals surface area contributed by atoms with E-state index in [0.717, 1.165) is 12.1 Å². The Labute approximate surface area is 83.8 Å². The van der Waals surface area contributed by atoms with Gasteiger partial charge in [-0.15, -0.1) is 0 Å². The topological polar surface area (TPSA) is 49.3 Å². The summed E-state index contributed by atoms with van der Waals surface area (Å²) in [5.74, 6) is -0.472. The first-order valence-electron chi connectivity index (χ1n) is 4.63. The number of aromatic carboxylic acids is 1. The summed E-state index contributed by atoms with van der Waals surface area (Å²) < 4.78 is 0. The summed E-state index contributed by atoms with van der Waals surface area (Å²) in [4.78, 5) is 10.6. The number of nitrogens with one attached hydrogen (secondary N) is 1. The molecule has 0 aliphatic carbocycles. The fourth-order valence-corrected chi connectivity index (χ4v) is 1.38. The summed E-state index contributed by atoms with van der Waals surface area (Å²) >= 11 is 0. The summed E-state index contributed by atoms with van der Waals surface area (Å²) in [6.45, 7) is 3.00. The summed E-state index contributed by atoms with van der Waals surface area (Å²) in [6, 6.07) is 7.02. The van der Waals surface area contributed by atoms with Crippen LogP contribution in [0.25, 0.3) is 0 Å². The van der Waals surface area contributed by atoms with Gasteiger partial charge in [0.05, 0.1) is 5.56 Å². The van der Waals surface area contributed by atoms with E-state index < -0.39 is 5.97 Å². The molecule has 0 bridgehead atoms. The summed E-state index contributed by atoms with van der Waals surface area (Å²) in [5, 5.41) is 11.8. The van der Waals surface area contributed by atoms with Gasteiger partial charge in [0.25, 0.3) is 0 Å². The second kappa shape index (κ2) is 4.77. The number of hydrogen-bond acceptors (Lipinski definition) is 2. The third-order valence-corrected chi connectivity index (χ3v) is 2.24. The van der Waals surface area contributed by atoms with E-state index in [2.05, 4.69) is 12.2 Å². The van der Waals surface area contributed by atoms with Crippen molar-refractivity contribution in [1.82, 2.24) is 5.32 Å². The molecule has 3 heteroatoms. The van der Waals surface area contributed by atoms with E-state index in [0.29, 0.717) is 11.5 Å². The van der Waals surface area contributed by atoms with Gasteiger partial charge in [-0.2, -0.15) is 0 Å². The maximum Gasteiger partial charge on any atom is 0.335 e. The number of carbonyl (C=O) groups is 1. The zero-order valence-corrected chi connectivity index (χ0v) is 8.45. The van der Waals surface area contributed by atoms with Gasteiger partial charge in [0.2, 0.25) is 0 Å². The monoisotopic (exact) mass is 193 g/mol. The highest BCUT2D eigenvalue weighted by Crippen LogP contribution is 2.14. The fourth-order valence-electron chi connectivity index (χ4n) is 1.38. The molecule has 0 spiro atoms. The molecule has 0 aliphatic rings. The Kier molecular flexibility index (Phi) is 3.65.